The highest BCUT2D eigenvalue weighted by Gasteiger charge is 2.54. The molecule has 3 saturated carbocycles. The van der Waals surface area contributed by atoms with Crippen LogP contribution in [-0.2, 0) is 10.8 Å². The molecule has 0 saturated heterocycles. The van der Waals surface area contributed by atoms with Crippen molar-refractivity contribution in [3.05, 3.63) is 162 Å². The molecule has 1 aliphatic heterocycles. The number of hydrogen-bond acceptors (Lipinski definition) is 4. The van der Waals surface area contributed by atoms with Gasteiger partial charge in [0, 0.05) is 27.7 Å². The highest BCUT2D eigenvalue weighted by Crippen LogP contribution is 2.63. The molecule has 0 amide bonds. The van der Waals surface area contributed by atoms with E-state index in [2.05, 4.69) is 133 Å². The second-order valence-electron chi connectivity index (χ2n) is 16.1. The molecule has 5 aliphatic rings. The summed E-state index contributed by atoms with van der Waals surface area (Å²) >= 11 is 0. The highest BCUT2D eigenvalue weighted by atomic mass is 16.5. The summed E-state index contributed by atoms with van der Waals surface area (Å²) in [6.45, 7) is 0. The van der Waals surface area contributed by atoms with Gasteiger partial charge in [0.25, 0.3) is 0 Å². The van der Waals surface area contributed by atoms with Crippen LogP contribution in [0.25, 0.3) is 44.7 Å². The Morgan fingerprint density at radius 1 is 0.519 bits per heavy atom. The first-order valence-corrected chi connectivity index (χ1v) is 19.0. The molecule has 52 heavy (non-hydrogen) atoms. The number of benzene rings is 6. The first-order chi connectivity index (χ1) is 25.7. The SMILES string of the molecule is c1ccc2c(c1)Oc1ccc(-c3nc(-c4ccc5ccccc5c4)nc(C45CCC6C[C@H](CC6C4)C5)n3)cc1C21c2ccccc2-c2ccccc21. The normalized spacial score (nSPS) is 23.9. The van der Waals surface area contributed by atoms with Crippen molar-refractivity contribution in [1.82, 2.24) is 15.0 Å². The molecule has 250 valence electrons. The van der Waals surface area contributed by atoms with Crippen LogP contribution in [0.15, 0.2) is 133 Å². The van der Waals surface area contributed by atoms with Crippen molar-refractivity contribution < 1.29 is 4.74 Å². The minimum Gasteiger partial charge on any atom is -0.457 e. The fraction of sp³-hybridized carbons (Fsp3) is 0.229. The Hall–Kier alpha value is -5.61. The third-order valence-corrected chi connectivity index (χ3v) is 13.5. The van der Waals surface area contributed by atoms with Gasteiger partial charge in [-0.25, -0.2) is 15.0 Å². The lowest BCUT2D eigenvalue weighted by Crippen LogP contribution is -2.39. The van der Waals surface area contributed by atoms with Gasteiger partial charge in [-0.2, -0.15) is 0 Å². The van der Waals surface area contributed by atoms with Crippen molar-refractivity contribution in [3.63, 3.8) is 0 Å². The van der Waals surface area contributed by atoms with Crippen LogP contribution in [-0.4, -0.2) is 15.0 Å². The molecule has 7 aromatic rings. The van der Waals surface area contributed by atoms with Crippen LogP contribution in [0.5, 0.6) is 11.5 Å². The Labute approximate surface area is 303 Å². The summed E-state index contributed by atoms with van der Waals surface area (Å²) in [4.78, 5) is 16.3. The maximum Gasteiger partial charge on any atom is 0.163 e. The van der Waals surface area contributed by atoms with E-state index in [0.717, 1.165) is 63.4 Å². The van der Waals surface area contributed by atoms with E-state index >= 15 is 0 Å². The van der Waals surface area contributed by atoms with Crippen molar-refractivity contribution >= 4 is 10.8 Å². The van der Waals surface area contributed by atoms with E-state index in [1.807, 2.05) is 0 Å². The zero-order valence-corrected chi connectivity index (χ0v) is 28.9. The van der Waals surface area contributed by atoms with Crippen LogP contribution in [0.2, 0.25) is 0 Å². The first-order valence-electron chi connectivity index (χ1n) is 19.0. The Morgan fingerprint density at radius 2 is 1.15 bits per heavy atom. The van der Waals surface area contributed by atoms with E-state index < -0.39 is 5.41 Å². The molecule has 12 rings (SSSR count). The monoisotopic (exact) mass is 671 g/mol. The van der Waals surface area contributed by atoms with Crippen molar-refractivity contribution in [1.29, 1.82) is 0 Å². The molecule has 3 fully saturated rings. The summed E-state index contributed by atoms with van der Waals surface area (Å²) in [6.07, 6.45) is 7.66. The summed E-state index contributed by atoms with van der Waals surface area (Å²) in [5.74, 6) is 6.78. The summed E-state index contributed by atoms with van der Waals surface area (Å²) in [5.41, 5.74) is 8.93. The minimum absolute atomic E-state index is 0.0185. The van der Waals surface area contributed by atoms with Crippen LogP contribution in [0.3, 0.4) is 0 Å². The number of aromatic nitrogens is 3. The van der Waals surface area contributed by atoms with Gasteiger partial charge in [-0.1, -0.05) is 103 Å². The Morgan fingerprint density at radius 3 is 1.96 bits per heavy atom. The Kier molecular flexibility index (Phi) is 5.85. The van der Waals surface area contributed by atoms with Crippen LogP contribution >= 0.6 is 0 Å². The summed E-state index contributed by atoms with van der Waals surface area (Å²) in [7, 11) is 0. The zero-order valence-electron chi connectivity index (χ0n) is 28.9. The Bertz CT molecular complexity index is 2580. The summed E-state index contributed by atoms with van der Waals surface area (Å²) in [6, 6.07) is 48.2. The third kappa shape index (κ3) is 3.90. The van der Waals surface area contributed by atoms with E-state index in [-0.39, 0.29) is 5.41 Å². The second kappa shape index (κ2) is 10.5. The van der Waals surface area contributed by atoms with Gasteiger partial charge in [-0.3, -0.25) is 0 Å². The van der Waals surface area contributed by atoms with Gasteiger partial charge >= 0.3 is 0 Å². The van der Waals surface area contributed by atoms with Crippen LogP contribution in [0.4, 0.5) is 0 Å². The van der Waals surface area contributed by atoms with Gasteiger partial charge in [-0.15, -0.1) is 0 Å². The molecule has 6 aromatic carbocycles. The molecule has 4 nitrogen and oxygen atoms in total. The van der Waals surface area contributed by atoms with Gasteiger partial charge in [0.2, 0.25) is 0 Å². The van der Waals surface area contributed by atoms with E-state index in [0.29, 0.717) is 0 Å². The van der Waals surface area contributed by atoms with Gasteiger partial charge < -0.3 is 4.74 Å². The average molecular weight is 672 g/mol. The van der Waals surface area contributed by atoms with Crippen molar-refractivity contribution in [2.45, 2.75) is 49.4 Å². The minimum atomic E-state index is -0.538. The number of nitrogens with zero attached hydrogens (tertiary/aromatic N) is 3. The van der Waals surface area contributed by atoms with Gasteiger partial charge in [0.1, 0.15) is 17.3 Å². The number of ether oxygens (including phenoxy) is 1. The molecule has 3 bridgehead atoms. The van der Waals surface area contributed by atoms with Crippen LogP contribution in [0.1, 0.15) is 66.6 Å². The van der Waals surface area contributed by atoms with E-state index in [1.54, 1.807) is 0 Å². The maximum atomic E-state index is 6.75. The zero-order chi connectivity index (χ0) is 34.0. The topological polar surface area (TPSA) is 47.9 Å². The standard InChI is InChI=1S/C48H37N3O/c1-2-10-31-25-33(18-17-30(31)9-1)44-49-45(51-46(50-44)47-22-21-32-23-29(27-47)24-35(32)28-47)34-19-20-43-41(26-34)48(40-15-7-8-16-42(40)52-43)38-13-5-3-11-36(38)37-12-4-6-14-39(37)48/h1-20,25-26,29,32,35H,21-24,27-28H2/t29-,32?,35?,47?/m1/s1. The molecule has 4 aliphatic carbocycles. The number of hydrogen-bond donors (Lipinski definition) is 0. The maximum absolute atomic E-state index is 6.75. The van der Waals surface area contributed by atoms with Crippen molar-refractivity contribution in [2.75, 3.05) is 0 Å². The molecule has 1 spiro atoms. The number of fused-ring (bicyclic) bond motifs is 12. The molecule has 2 heterocycles. The smallest absolute Gasteiger partial charge is 0.163 e. The highest BCUT2D eigenvalue weighted by molar-refractivity contribution is 5.89. The molecule has 3 unspecified atom stereocenters. The third-order valence-electron chi connectivity index (χ3n) is 13.5. The fourth-order valence-corrected chi connectivity index (χ4v) is 11.4. The number of rotatable bonds is 3. The summed E-state index contributed by atoms with van der Waals surface area (Å²) in [5, 5.41) is 2.42. The quantitative estimate of drug-likeness (QED) is 0.188. The second-order valence-corrected chi connectivity index (χ2v) is 16.1. The van der Waals surface area contributed by atoms with Crippen LogP contribution < -0.4 is 4.74 Å². The first kappa shape index (κ1) is 29.0. The van der Waals surface area contributed by atoms with Crippen molar-refractivity contribution in [3.8, 4) is 45.4 Å². The van der Waals surface area contributed by atoms with Gasteiger partial charge in [0.05, 0.1) is 5.41 Å². The van der Waals surface area contributed by atoms with E-state index in [1.165, 1.54) is 77.1 Å². The molecule has 4 heteroatoms. The average Bonchev–Trinajstić information content (AvgIpc) is 3.61. The van der Waals surface area contributed by atoms with Crippen molar-refractivity contribution in [2.24, 2.45) is 17.8 Å². The predicted molar refractivity (Wildman–Crippen MR) is 205 cm³/mol. The lowest BCUT2D eigenvalue weighted by atomic mass is 9.61. The lowest BCUT2D eigenvalue weighted by molar-refractivity contribution is 0.131. The van der Waals surface area contributed by atoms with Crippen LogP contribution in [0, 0.1) is 17.8 Å². The van der Waals surface area contributed by atoms with Gasteiger partial charge in [0.15, 0.2) is 11.6 Å². The fourth-order valence-electron chi connectivity index (χ4n) is 11.4. The molecule has 0 N–H and O–H groups in total. The molecule has 4 atom stereocenters. The number of para-hydroxylation sites is 1. The molecule has 0 radical (unpaired) electrons. The largest absolute Gasteiger partial charge is 0.457 e. The summed E-state index contributed by atoms with van der Waals surface area (Å²) < 4.78 is 6.75. The predicted octanol–water partition coefficient (Wildman–Crippen LogP) is 11.3. The molecular formula is C48H37N3O. The van der Waals surface area contributed by atoms with Gasteiger partial charge in [-0.05, 0) is 120 Å². The molecule has 1 aromatic heterocycles. The molecular weight excluding hydrogens is 635 g/mol. The van der Waals surface area contributed by atoms with E-state index in [9.17, 15) is 0 Å². The lowest BCUT2D eigenvalue weighted by Gasteiger charge is -2.44. The Balaban J connectivity index is 1.10. The van der Waals surface area contributed by atoms with E-state index in [4.69, 9.17) is 19.7 Å².